The maximum absolute atomic E-state index is 12.8. The second-order valence-corrected chi connectivity index (χ2v) is 7.66. The number of benzene rings is 1. The van der Waals surface area contributed by atoms with E-state index in [-0.39, 0.29) is 30.9 Å². The molecule has 0 aromatic heterocycles. The van der Waals surface area contributed by atoms with E-state index in [0.29, 0.717) is 31.8 Å². The largest absolute Gasteiger partial charge is 0.484 e. The number of amides is 2. The van der Waals surface area contributed by atoms with Gasteiger partial charge in [0.1, 0.15) is 5.75 Å². The summed E-state index contributed by atoms with van der Waals surface area (Å²) < 4.78 is 5.52. The lowest BCUT2D eigenvalue weighted by Gasteiger charge is -2.34. The number of carbonyl (C=O) groups excluding carboxylic acids is 2. The quantitative estimate of drug-likeness (QED) is 0.846. The van der Waals surface area contributed by atoms with Crippen molar-refractivity contribution in [1.82, 2.24) is 9.80 Å². The molecule has 2 fully saturated rings. The fourth-order valence-electron chi connectivity index (χ4n) is 3.74. The normalized spacial score (nSPS) is 25.3. The molecule has 2 heterocycles. The summed E-state index contributed by atoms with van der Waals surface area (Å²) in [7, 11) is 0. The molecule has 0 spiro atoms. The smallest absolute Gasteiger partial charge is 0.311 e. The van der Waals surface area contributed by atoms with Crippen LogP contribution >= 0.6 is 0 Å². The molecule has 2 unspecified atom stereocenters. The molecule has 0 bridgehead atoms. The van der Waals surface area contributed by atoms with Crippen LogP contribution in [-0.4, -0.2) is 65.5 Å². The van der Waals surface area contributed by atoms with E-state index in [0.717, 1.165) is 12.8 Å². The Bertz CT molecular complexity index is 708. The Morgan fingerprint density at radius 2 is 1.93 bits per heavy atom. The molecule has 0 saturated carbocycles. The van der Waals surface area contributed by atoms with Crippen molar-refractivity contribution >= 4 is 17.8 Å². The molecule has 27 heavy (non-hydrogen) atoms. The van der Waals surface area contributed by atoms with Crippen LogP contribution in [0.2, 0.25) is 0 Å². The lowest BCUT2D eigenvalue weighted by atomic mass is 9.90. The Kier molecular flexibility index (Phi) is 5.68. The molecule has 0 aliphatic carbocycles. The van der Waals surface area contributed by atoms with E-state index in [1.165, 1.54) is 0 Å². The molecule has 2 aliphatic rings. The van der Waals surface area contributed by atoms with Crippen LogP contribution in [0.1, 0.15) is 26.2 Å². The first-order chi connectivity index (χ1) is 12.9. The Labute approximate surface area is 158 Å². The van der Waals surface area contributed by atoms with Gasteiger partial charge in [0.05, 0.1) is 11.3 Å². The van der Waals surface area contributed by atoms with Gasteiger partial charge in [-0.05, 0) is 38.3 Å². The van der Waals surface area contributed by atoms with Crippen LogP contribution < -0.4 is 4.74 Å². The number of likely N-dealkylation sites (tertiary alicyclic amines) is 2. The van der Waals surface area contributed by atoms with E-state index < -0.39 is 11.4 Å². The summed E-state index contributed by atoms with van der Waals surface area (Å²) in [6.45, 7) is 3.32. The number of carbonyl (C=O) groups is 3. The van der Waals surface area contributed by atoms with E-state index in [1.54, 1.807) is 28.9 Å². The lowest BCUT2D eigenvalue weighted by Crippen LogP contribution is -2.48. The van der Waals surface area contributed by atoms with Crippen LogP contribution in [0.5, 0.6) is 5.75 Å². The van der Waals surface area contributed by atoms with E-state index in [1.807, 2.05) is 18.2 Å². The standard InChI is InChI=1S/C20H26N2O5/c1-20(19(25)26)9-11-22(14-20)18(24)15-6-5-10-21(12-15)17(23)13-27-16-7-3-2-4-8-16/h2-4,7-8,15H,5-6,9-14H2,1H3,(H,25,26). The predicted octanol–water partition coefficient (Wildman–Crippen LogP) is 1.63. The number of piperidine rings is 1. The highest BCUT2D eigenvalue weighted by Crippen LogP contribution is 2.32. The van der Waals surface area contributed by atoms with Gasteiger partial charge in [-0.3, -0.25) is 14.4 Å². The monoisotopic (exact) mass is 374 g/mol. The molecule has 2 aliphatic heterocycles. The number of rotatable bonds is 5. The summed E-state index contributed by atoms with van der Waals surface area (Å²) in [5.74, 6) is -0.665. The van der Waals surface area contributed by atoms with E-state index in [9.17, 15) is 19.5 Å². The van der Waals surface area contributed by atoms with Gasteiger partial charge in [-0.1, -0.05) is 18.2 Å². The molecule has 1 aromatic carbocycles. The average Bonchev–Trinajstić information content (AvgIpc) is 3.10. The molecule has 0 radical (unpaired) electrons. The molecule has 3 rings (SSSR count). The highest BCUT2D eigenvalue weighted by Gasteiger charge is 2.44. The van der Waals surface area contributed by atoms with Crippen molar-refractivity contribution in [3.63, 3.8) is 0 Å². The van der Waals surface area contributed by atoms with Crippen molar-refractivity contribution in [1.29, 1.82) is 0 Å². The van der Waals surface area contributed by atoms with Crippen molar-refractivity contribution in [2.45, 2.75) is 26.2 Å². The van der Waals surface area contributed by atoms with Crippen LogP contribution in [0.3, 0.4) is 0 Å². The number of carboxylic acids is 1. The van der Waals surface area contributed by atoms with Gasteiger partial charge in [0.25, 0.3) is 5.91 Å². The number of hydrogen-bond acceptors (Lipinski definition) is 4. The highest BCUT2D eigenvalue weighted by atomic mass is 16.5. The number of para-hydroxylation sites is 1. The van der Waals surface area contributed by atoms with Gasteiger partial charge in [0.2, 0.25) is 5.91 Å². The van der Waals surface area contributed by atoms with Crippen LogP contribution in [0, 0.1) is 11.3 Å². The number of aliphatic carboxylic acids is 1. The molecule has 2 amide bonds. The van der Waals surface area contributed by atoms with E-state index in [2.05, 4.69) is 0 Å². The Morgan fingerprint density at radius 3 is 2.59 bits per heavy atom. The van der Waals surface area contributed by atoms with Gasteiger partial charge in [-0.15, -0.1) is 0 Å². The number of hydrogen-bond donors (Lipinski definition) is 1. The van der Waals surface area contributed by atoms with Crippen LogP contribution in [0.25, 0.3) is 0 Å². The van der Waals surface area contributed by atoms with E-state index >= 15 is 0 Å². The fourth-order valence-corrected chi connectivity index (χ4v) is 3.74. The first-order valence-electron chi connectivity index (χ1n) is 9.37. The highest BCUT2D eigenvalue weighted by molar-refractivity contribution is 5.83. The summed E-state index contributed by atoms with van der Waals surface area (Å²) >= 11 is 0. The number of nitrogens with zero attached hydrogens (tertiary/aromatic N) is 2. The van der Waals surface area contributed by atoms with Gasteiger partial charge in [0, 0.05) is 26.2 Å². The van der Waals surface area contributed by atoms with Crippen molar-refractivity contribution in [3.05, 3.63) is 30.3 Å². The molecule has 7 heteroatoms. The first kappa shape index (κ1) is 19.2. The maximum atomic E-state index is 12.8. The molecule has 1 N–H and O–H groups in total. The predicted molar refractivity (Wildman–Crippen MR) is 98.2 cm³/mol. The van der Waals surface area contributed by atoms with Crippen LogP contribution in [0.15, 0.2) is 30.3 Å². The zero-order valence-corrected chi connectivity index (χ0v) is 15.6. The van der Waals surface area contributed by atoms with Crippen molar-refractivity contribution in [2.24, 2.45) is 11.3 Å². The third-order valence-corrected chi connectivity index (χ3v) is 5.53. The van der Waals surface area contributed by atoms with E-state index in [4.69, 9.17) is 4.74 Å². The minimum Gasteiger partial charge on any atom is -0.484 e. The van der Waals surface area contributed by atoms with Gasteiger partial charge < -0.3 is 19.6 Å². The molecule has 2 atom stereocenters. The molecule has 2 saturated heterocycles. The molecule has 146 valence electrons. The molecular formula is C20H26N2O5. The van der Waals surface area contributed by atoms with Crippen LogP contribution in [-0.2, 0) is 14.4 Å². The number of carboxylic acid groups (broad SMARTS) is 1. The third-order valence-electron chi connectivity index (χ3n) is 5.53. The summed E-state index contributed by atoms with van der Waals surface area (Å²) in [6, 6.07) is 9.15. The van der Waals surface area contributed by atoms with Gasteiger partial charge >= 0.3 is 5.97 Å². The van der Waals surface area contributed by atoms with Crippen molar-refractivity contribution in [3.8, 4) is 5.75 Å². The lowest BCUT2D eigenvalue weighted by molar-refractivity contribution is -0.147. The summed E-state index contributed by atoms with van der Waals surface area (Å²) in [6.07, 6.45) is 1.95. The molecular weight excluding hydrogens is 348 g/mol. The third kappa shape index (κ3) is 4.40. The number of ether oxygens (including phenoxy) is 1. The van der Waals surface area contributed by atoms with Gasteiger partial charge in [0.15, 0.2) is 6.61 Å². The van der Waals surface area contributed by atoms with Gasteiger partial charge in [-0.25, -0.2) is 0 Å². The zero-order chi connectivity index (χ0) is 19.4. The van der Waals surface area contributed by atoms with Crippen molar-refractivity contribution < 1.29 is 24.2 Å². The summed E-state index contributed by atoms with van der Waals surface area (Å²) in [5, 5.41) is 9.35. The minimum atomic E-state index is -0.872. The fraction of sp³-hybridized carbons (Fsp3) is 0.550. The topological polar surface area (TPSA) is 87.2 Å². The average molecular weight is 374 g/mol. The van der Waals surface area contributed by atoms with Crippen LogP contribution in [0.4, 0.5) is 0 Å². The zero-order valence-electron chi connectivity index (χ0n) is 15.6. The second-order valence-electron chi connectivity index (χ2n) is 7.66. The summed E-state index contributed by atoms with van der Waals surface area (Å²) in [4.78, 5) is 40.0. The second kappa shape index (κ2) is 7.98. The summed E-state index contributed by atoms with van der Waals surface area (Å²) in [5.41, 5.74) is -0.872. The SMILES string of the molecule is CC1(C(=O)O)CCN(C(=O)C2CCCN(C(=O)COc3ccccc3)C2)C1. The Balaban J connectivity index is 1.53. The minimum absolute atomic E-state index is 0.0403. The molecule has 1 aromatic rings. The first-order valence-corrected chi connectivity index (χ1v) is 9.37. The Morgan fingerprint density at radius 1 is 1.19 bits per heavy atom. The van der Waals surface area contributed by atoms with Crippen molar-refractivity contribution in [2.75, 3.05) is 32.8 Å². The van der Waals surface area contributed by atoms with Gasteiger partial charge in [-0.2, -0.15) is 0 Å². The molecule has 7 nitrogen and oxygen atoms in total. The Hall–Kier alpha value is -2.57. The maximum Gasteiger partial charge on any atom is 0.311 e.